The van der Waals surface area contributed by atoms with Gasteiger partial charge in [-0.15, -0.1) is 5.10 Å². The van der Waals surface area contributed by atoms with E-state index in [-0.39, 0.29) is 12.1 Å². The van der Waals surface area contributed by atoms with Gasteiger partial charge in [0.2, 0.25) is 0 Å². The van der Waals surface area contributed by atoms with Crippen LogP contribution in [-0.4, -0.2) is 54.2 Å². The molecule has 0 radical (unpaired) electrons. The fourth-order valence-electron chi connectivity index (χ4n) is 4.71. The second kappa shape index (κ2) is 6.93. The Morgan fingerprint density at radius 3 is 2.69 bits per heavy atom. The van der Waals surface area contributed by atoms with Gasteiger partial charge < -0.3 is 19.3 Å². The second-order valence-corrected chi connectivity index (χ2v) is 8.83. The fourth-order valence-corrected chi connectivity index (χ4v) is 4.71. The molecule has 4 aromatic rings. The van der Waals surface area contributed by atoms with Crippen LogP contribution in [0.15, 0.2) is 42.5 Å². The minimum atomic E-state index is -0.763. The first-order valence-corrected chi connectivity index (χ1v) is 10.7. The number of fused-ring (bicyclic) bond motifs is 3. The van der Waals surface area contributed by atoms with Gasteiger partial charge >= 0.3 is 0 Å². The zero-order chi connectivity index (χ0) is 22.0. The van der Waals surface area contributed by atoms with E-state index in [1.807, 2.05) is 50.2 Å². The molecule has 9 nitrogen and oxygen atoms in total. The van der Waals surface area contributed by atoms with E-state index in [0.29, 0.717) is 35.0 Å². The molecule has 1 aliphatic carbocycles. The molecule has 3 heterocycles. The van der Waals surface area contributed by atoms with Crippen LogP contribution in [-0.2, 0) is 9.47 Å². The lowest BCUT2D eigenvalue weighted by atomic mass is 10.1. The molecule has 0 amide bonds. The Bertz CT molecular complexity index is 1340. The predicted octanol–water partition coefficient (Wildman–Crippen LogP) is 3.30. The largest absolute Gasteiger partial charge is 0.437 e. The maximum absolute atomic E-state index is 10.5. The zero-order valence-corrected chi connectivity index (χ0v) is 18.0. The first-order chi connectivity index (χ1) is 15.4. The number of benzene rings is 2. The molecule has 0 spiro atoms. The number of aryl methyl sites for hydroxylation is 1. The van der Waals surface area contributed by atoms with Crippen molar-refractivity contribution in [3.8, 4) is 11.6 Å². The highest BCUT2D eigenvalue weighted by molar-refractivity contribution is 5.84. The summed E-state index contributed by atoms with van der Waals surface area (Å²) in [5, 5.41) is 21.4. The van der Waals surface area contributed by atoms with Crippen molar-refractivity contribution in [2.45, 2.75) is 57.3 Å². The molecular formula is C23H23N5O4. The van der Waals surface area contributed by atoms with E-state index in [1.54, 1.807) is 11.6 Å². The van der Waals surface area contributed by atoms with Crippen LogP contribution in [0.3, 0.4) is 0 Å². The third-order valence-corrected chi connectivity index (χ3v) is 6.06. The monoisotopic (exact) mass is 433 g/mol. The van der Waals surface area contributed by atoms with Crippen LogP contribution >= 0.6 is 0 Å². The molecule has 6 rings (SSSR count). The second-order valence-electron chi connectivity index (χ2n) is 8.83. The van der Waals surface area contributed by atoms with E-state index in [9.17, 15) is 5.11 Å². The Morgan fingerprint density at radius 2 is 1.84 bits per heavy atom. The van der Waals surface area contributed by atoms with Crippen LogP contribution in [0, 0.1) is 6.92 Å². The zero-order valence-electron chi connectivity index (χ0n) is 18.0. The molecular weight excluding hydrogens is 410 g/mol. The normalized spacial score (nSPS) is 26.6. The van der Waals surface area contributed by atoms with E-state index >= 15 is 0 Å². The number of rotatable bonds is 3. The van der Waals surface area contributed by atoms with E-state index < -0.39 is 18.0 Å². The summed E-state index contributed by atoms with van der Waals surface area (Å²) in [7, 11) is 0. The lowest BCUT2D eigenvalue weighted by Gasteiger charge is -2.22. The highest BCUT2D eigenvalue weighted by Crippen LogP contribution is 2.44. The molecule has 1 saturated carbocycles. The SMILES string of the molecule is Cc1nc(Oc2ccc3ccccc3c2)c2nnn([C@@H]3C[C@H](O)[C@H]4OC(C)(C)O[C@H]43)c2n1. The maximum atomic E-state index is 10.5. The van der Waals surface area contributed by atoms with Crippen LogP contribution in [0.4, 0.5) is 0 Å². The predicted molar refractivity (Wildman–Crippen MR) is 115 cm³/mol. The number of nitrogens with zero attached hydrogens (tertiary/aromatic N) is 5. The summed E-state index contributed by atoms with van der Waals surface area (Å²) < 4.78 is 19.8. The van der Waals surface area contributed by atoms with Crippen molar-refractivity contribution in [1.82, 2.24) is 25.0 Å². The Labute approximate surface area is 183 Å². The summed E-state index contributed by atoms with van der Waals surface area (Å²) in [6.07, 6.45) is -0.967. The van der Waals surface area contributed by atoms with Crippen molar-refractivity contribution in [3.05, 3.63) is 48.3 Å². The molecule has 2 fully saturated rings. The summed E-state index contributed by atoms with van der Waals surface area (Å²) in [5.41, 5.74) is 0.999. The van der Waals surface area contributed by atoms with E-state index in [1.165, 1.54) is 0 Å². The maximum Gasteiger partial charge on any atom is 0.253 e. The van der Waals surface area contributed by atoms with Gasteiger partial charge in [0.25, 0.3) is 5.88 Å². The minimum absolute atomic E-state index is 0.260. The molecule has 32 heavy (non-hydrogen) atoms. The number of aliphatic hydroxyl groups is 1. The van der Waals surface area contributed by atoms with Crippen molar-refractivity contribution in [2.75, 3.05) is 0 Å². The van der Waals surface area contributed by atoms with Crippen LogP contribution in [0.2, 0.25) is 0 Å². The number of hydrogen-bond donors (Lipinski definition) is 1. The Hall–Kier alpha value is -3.14. The lowest BCUT2D eigenvalue weighted by Crippen LogP contribution is -2.29. The van der Waals surface area contributed by atoms with E-state index in [0.717, 1.165) is 10.8 Å². The molecule has 9 heteroatoms. The third-order valence-electron chi connectivity index (χ3n) is 6.06. The molecule has 2 aromatic carbocycles. The summed E-state index contributed by atoms with van der Waals surface area (Å²) in [4.78, 5) is 9.04. The molecule has 1 saturated heterocycles. The van der Waals surface area contributed by atoms with Gasteiger partial charge in [-0.25, -0.2) is 9.67 Å². The van der Waals surface area contributed by atoms with Crippen molar-refractivity contribution in [3.63, 3.8) is 0 Å². The topological polar surface area (TPSA) is 104 Å². The molecule has 4 atom stereocenters. The van der Waals surface area contributed by atoms with Crippen LogP contribution in [0.1, 0.15) is 32.1 Å². The average molecular weight is 433 g/mol. The highest BCUT2D eigenvalue weighted by Gasteiger charge is 2.55. The van der Waals surface area contributed by atoms with Crippen molar-refractivity contribution >= 4 is 21.9 Å². The van der Waals surface area contributed by atoms with Crippen LogP contribution in [0.25, 0.3) is 21.9 Å². The van der Waals surface area contributed by atoms with E-state index in [4.69, 9.17) is 14.2 Å². The molecule has 2 aromatic heterocycles. The van der Waals surface area contributed by atoms with Gasteiger partial charge in [-0.3, -0.25) is 0 Å². The first kappa shape index (κ1) is 19.5. The van der Waals surface area contributed by atoms with Crippen molar-refractivity contribution in [1.29, 1.82) is 0 Å². The minimum Gasteiger partial charge on any atom is -0.437 e. The average Bonchev–Trinajstić information content (AvgIpc) is 3.40. The third kappa shape index (κ3) is 3.12. The summed E-state index contributed by atoms with van der Waals surface area (Å²) in [6, 6.07) is 13.7. The van der Waals surface area contributed by atoms with Gasteiger partial charge in [0.1, 0.15) is 23.8 Å². The molecule has 0 bridgehead atoms. The summed E-state index contributed by atoms with van der Waals surface area (Å²) >= 11 is 0. The molecule has 0 unspecified atom stereocenters. The Kier molecular flexibility index (Phi) is 4.23. The summed E-state index contributed by atoms with van der Waals surface area (Å²) in [6.45, 7) is 5.49. The quantitative estimate of drug-likeness (QED) is 0.525. The molecule has 1 N–H and O–H groups in total. The van der Waals surface area contributed by atoms with Gasteiger partial charge in [-0.2, -0.15) is 4.98 Å². The fraction of sp³-hybridized carbons (Fsp3) is 0.391. The number of aromatic nitrogens is 5. The van der Waals surface area contributed by atoms with E-state index in [2.05, 4.69) is 26.3 Å². The number of aliphatic hydroxyl groups excluding tert-OH is 1. The van der Waals surface area contributed by atoms with Crippen molar-refractivity contribution < 1.29 is 19.3 Å². The molecule has 2 aliphatic rings. The van der Waals surface area contributed by atoms with Gasteiger partial charge in [0.05, 0.1) is 12.1 Å². The van der Waals surface area contributed by atoms with Gasteiger partial charge in [-0.05, 0) is 43.7 Å². The Morgan fingerprint density at radius 1 is 1.06 bits per heavy atom. The number of ether oxygens (including phenoxy) is 3. The Balaban J connectivity index is 1.39. The first-order valence-electron chi connectivity index (χ1n) is 10.7. The standard InChI is InChI=1S/C23H23N5O4/c1-12-24-21-18(22(25-12)30-15-9-8-13-6-4-5-7-14(13)10-15)26-27-28(21)16-11-17(29)20-19(16)31-23(2,3)32-20/h4-10,16-17,19-20,29H,11H2,1-3H3/t16-,17+,19+,20-/m1/s1. The summed E-state index contributed by atoms with van der Waals surface area (Å²) in [5.74, 6) is 0.771. The van der Waals surface area contributed by atoms with Crippen LogP contribution < -0.4 is 4.74 Å². The molecule has 164 valence electrons. The van der Waals surface area contributed by atoms with Crippen molar-refractivity contribution in [2.24, 2.45) is 0 Å². The van der Waals surface area contributed by atoms with Crippen LogP contribution in [0.5, 0.6) is 11.6 Å². The van der Waals surface area contributed by atoms with Gasteiger partial charge in [-0.1, -0.05) is 35.5 Å². The van der Waals surface area contributed by atoms with Gasteiger partial charge in [0.15, 0.2) is 17.0 Å². The number of hydrogen-bond acceptors (Lipinski definition) is 8. The highest BCUT2D eigenvalue weighted by atomic mass is 16.8. The van der Waals surface area contributed by atoms with Gasteiger partial charge in [0, 0.05) is 6.42 Å². The lowest BCUT2D eigenvalue weighted by molar-refractivity contribution is -0.165. The molecule has 1 aliphatic heterocycles. The smallest absolute Gasteiger partial charge is 0.253 e.